The zero-order valence-electron chi connectivity index (χ0n) is 13.5. The summed E-state index contributed by atoms with van der Waals surface area (Å²) in [7, 11) is 1.54. The number of ether oxygens (including phenoxy) is 1. The SMILES string of the molecule is COc1ccccc1CNC(=O)CNC(=O)c1cccc([N+](=O)[O-])c1. The number of nitrogens with zero attached hydrogens (tertiary/aromatic N) is 1. The number of amides is 2. The number of benzene rings is 2. The number of carbonyl (C=O) groups excluding carboxylic acids is 2. The lowest BCUT2D eigenvalue weighted by atomic mass is 10.2. The first kappa shape index (κ1) is 17.9. The van der Waals surface area contributed by atoms with Crippen molar-refractivity contribution in [3.8, 4) is 5.75 Å². The first-order valence-corrected chi connectivity index (χ1v) is 7.42. The summed E-state index contributed by atoms with van der Waals surface area (Å²) in [5.41, 5.74) is 0.739. The highest BCUT2D eigenvalue weighted by Gasteiger charge is 2.12. The van der Waals surface area contributed by atoms with Crippen LogP contribution in [0.4, 0.5) is 5.69 Å². The van der Waals surface area contributed by atoms with Gasteiger partial charge in [-0.2, -0.15) is 0 Å². The van der Waals surface area contributed by atoms with Gasteiger partial charge in [0, 0.05) is 29.8 Å². The molecule has 2 aromatic carbocycles. The summed E-state index contributed by atoms with van der Waals surface area (Å²) in [4.78, 5) is 33.9. The number of carbonyl (C=O) groups is 2. The Balaban J connectivity index is 1.86. The fourth-order valence-electron chi connectivity index (χ4n) is 2.13. The van der Waals surface area contributed by atoms with E-state index in [1.54, 1.807) is 13.2 Å². The fourth-order valence-corrected chi connectivity index (χ4v) is 2.13. The Hall–Kier alpha value is -3.42. The summed E-state index contributed by atoms with van der Waals surface area (Å²) in [6.07, 6.45) is 0. The van der Waals surface area contributed by atoms with Crippen molar-refractivity contribution < 1.29 is 19.2 Å². The maximum atomic E-state index is 12.0. The van der Waals surface area contributed by atoms with Gasteiger partial charge in [0.05, 0.1) is 18.6 Å². The summed E-state index contributed by atoms with van der Waals surface area (Å²) in [5, 5.41) is 15.8. The monoisotopic (exact) mass is 343 g/mol. The molecule has 0 unspecified atom stereocenters. The first-order chi connectivity index (χ1) is 12.0. The van der Waals surface area contributed by atoms with Crippen LogP contribution in [0.3, 0.4) is 0 Å². The number of non-ortho nitro benzene ring substituents is 1. The highest BCUT2D eigenvalue weighted by molar-refractivity contribution is 5.96. The van der Waals surface area contributed by atoms with Gasteiger partial charge in [-0.25, -0.2) is 0 Å². The van der Waals surface area contributed by atoms with Gasteiger partial charge in [0.15, 0.2) is 0 Å². The molecular formula is C17H17N3O5. The van der Waals surface area contributed by atoms with Crippen LogP contribution in [0.1, 0.15) is 15.9 Å². The topological polar surface area (TPSA) is 111 Å². The Morgan fingerprint density at radius 3 is 2.60 bits per heavy atom. The minimum atomic E-state index is -0.587. The highest BCUT2D eigenvalue weighted by atomic mass is 16.6. The van der Waals surface area contributed by atoms with Crippen LogP contribution in [-0.4, -0.2) is 30.4 Å². The molecule has 8 heteroatoms. The molecule has 0 atom stereocenters. The molecule has 25 heavy (non-hydrogen) atoms. The lowest BCUT2D eigenvalue weighted by Gasteiger charge is -2.10. The fraction of sp³-hybridized carbons (Fsp3) is 0.176. The predicted octanol–water partition coefficient (Wildman–Crippen LogP) is 1.65. The van der Waals surface area contributed by atoms with E-state index < -0.39 is 10.8 Å². The average molecular weight is 343 g/mol. The van der Waals surface area contributed by atoms with Gasteiger partial charge in [-0.15, -0.1) is 0 Å². The summed E-state index contributed by atoms with van der Waals surface area (Å²) >= 11 is 0. The summed E-state index contributed by atoms with van der Waals surface area (Å²) in [6.45, 7) is 0.0200. The van der Waals surface area contributed by atoms with E-state index in [0.29, 0.717) is 5.75 Å². The van der Waals surface area contributed by atoms with Crippen molar-refractivity contribution >= 4 is 17.5 Å². The van der Waals surface area contributed by atoms with Gasteiger partial charge < -0.3 is 15.4 Å². The van der Waals surface area contributed by atoms with Crippen LogP contribution in [-0.2, 0) is 11.3 Å². The van der Waals surface area contributed by atoms with Crippen LogP contribution in [0.15, 0.2) is 48.5 Å². The lowest BCUT2D eigenvalue weighted by Crippen LogP contribution is -2.36. The Labute approximate surface area is 144 Å². The Morgan fingerprint density at radius 1 is 1.12 bits per heavy atom. The van der Waals surface area contributed by atoms with Gasteiger partial charge in [0.1, 0.15) is 5.75 Å². The quantitative estimate of drug-likeness (QED) is 0.587. The molecule has 0 fully saturated rings. The van der Waals surface area contributed by atoms with E-state index in [0.717, 1.165) is 11.6 Å². The van der Waals surface area contributed by atoms with Crippen molar-refractivity contribution in [3.05, 3.63) is 69.8 Å². The third-order valence-corrected chi connectivity index (χ3v) is 3.40. The molecule has 0 aliphatic carbocycles. The molecule has 0 spiro atoms. The van der Waals surface area contributed by atoms with Gasteiger partial charge in [-0.3, -0.25) is 19.7 Å². The Kier molecular flexibility index (Phi) is 6.05. The van der Waals surface area contributed by atoms with E-state index in [-0.39, 0.29) is 30.2 Å². The summed E-state index contributed by atoms with van der Waals surface area (Å²) < 4.78 is 5.19. The maximum absolute atomic E-state index is 12.0. The molecule has 0 saturated carbocycles. The van der Waals surface area contributed by atoms with Gasteiger partial charge in [-0.1, -0.05) is 24.3 Å². The Morgan fingerprint density at radius 2 is 1.88 bits per heavy atom. The van der Waals surface area contributed by atoms with Crippen LogP contribution in [0, 0.1) is 10.1 Å². The maximum Gasteiger partial charge on any atom is 0.270 e. The smallest absolute Gasteiger partial charge is 0.270 e. The van der Waals surface area contributed by atoms with E-state index in [1.165, 1.54) is 18.2 Å². The van der Waals surface area contributed by atoms with Crippen molar-refractivity contribution in [2.75, 3.05) is 13.7 Å². The normalized spacial score (nSPS) is 9.96. The molecule has 2 N–H and O–H groups in total. The van der Waals surface area contributed by atoms with Crippen molar-refractivity contribution in [2.45, 2.75) is 6.54 Å². The summed E-state index contributed by atoms with van der Waals surface area (Å²) in [6, 6.07) is 12.5. The number of para-hydroxylation sites is 1. The van der Waals surface area contributed by atoms with Gasteiger partial charge >= 0.3 is 0 Å². The number of nitro groups is 1. The van der Waals surface area contributed by atoms with Crippen LogP contribution < -0.4 is 15.4 Å². The van der Waals surface area contributed by atoms with Crippen molar-refractivity contribution in [1.82, 2.24) is 10.6 Å². The standard InChI is InChI=1S/C17H17N3O5/c1-25-15-8-3-2-5-13(15)10-18-16(21)11-19-17(22)12-6-4-7-14(9-12)20(23)24/h2-9H,10-11H2,1H3,(H,18,21)(H,19,22). The molecule has 0 heterocycles. The second kappa shape index (κ2) is 8.44. The number of methoxy groups -OCH3 is 1. The van der Waals surface area contributed by atoms with Crippen LogP contribution >= 0.6 is 0 Å². The van der Waals surface area contributed by atoms with E-state index in [4.69, 9.17) is 4.74 Å². The van der Waals surface area contributed by atoms with E-state index in [1.807, 2.05) is 18.2 Å². The second-order valence-corrected chi connectivity index (χ2v) is 5.08. The molecule has 0 aliphatic heterocycles. The largest absolute Gasteiger partial charge is 0.496 e. The average Bonchev–Trinajstić information content (AvgIpc) is 2.64. The van der Waals surface area contributed by atoms with Gasteiger partial charge in [0.2, 0.25) is 5.91 Å². The molecular weight excluding hydrogens is 326 g/mol. The van der Waals surface area contributed by atoms with E-state index >= 15 is 0 Å². The number of rotatable bonds is 7. The molecule has 2 aromatic rings. The predicted molar refractivity (Wildman–Crippen MR) is 90.3 cm³/mol. The third kappa shape index (κ3) is 5.03. The molecule has 2 rings (SSSR count). The van der Waals surface area contributed by atoms with Crippen molar-refractivity contribution in [3.63, 3.8) is 0 Å². The molecule has 0 aromatic heterocycles. The molecule has 0 bridgehead atoms. The summed E-state index contributed by atoms with van der Waals surface area (Å²) in [5.74, 6) is -0.288. The lowest BCUT2D eigenvalue weighted by molar-refractivity contribution is -0.384. The molecule has 8 nitrogen and oxygen atoms in total. The number of nitrogens with one attached hydrogen (secondary N) is 2. The van der Waals surface area contributed by atoms with Crippen LogP contribution in [0.25, 0.3) is 0 Å². The third-order valence-electron chi connectivity index (χ3n) is 3.40. The van der Waals surface area contributed by atoms with Crippen LogP contribution in [0.2, 0.25) is 0 Å². The molecule has 0 saturated heterocycles. The van der Waals surface area contributed by atoms with E-state index in [9.17, 15) is 19.7 Å². The molecule has 0 aliphatic rings. The van der Waals surface area contributed by atoms with Gasteiger partial charge in [0.25, 0.3) is 11.6 Å². The molecule has 130 valence electrons. The Bertz CT molecular complexity index is 791. The second-order valence-electron chi connectivity index (χ2n) is 5.08. The highest BCUT2D eigenvalue weighted by Crippen LogP contribution is 2.16. The minimum absolute atomic E-state index is 0.117. The number of hydrogen-bond acceptors (Lipinski definition) is 5. The zero-order chi connectivity index (χ0) is 18.2. The number of hydrogen-bond donors (Lipinski definition) is 2. The van der Waals surface area contributed by atoms with Crippen molar-refractivity contribution in [1.29, 1.82) is 0 Å². The van der Waals surface area contributed by atoms with Crippen molar-refractivity contribution in [2.24, 2.45) is 0 Å². The first-order valence-electron chi connectivity index (χ1n) is 7.42. The number of nitro benzene ring substituents is 1. The van der Waals surface area contributed by atoms with Crippen LogP contribution in [0.5, 0.6) is 5.75 Å². The van der Waals surface area contributed by atoms with E-state index in [2.05, 4.69) is 10.6 Å². The molecule has 0 radical (unpaired) electrons. The minimum Gasteiger partial charge on any atom is -0.496 e. The molecule has 2 amide bonds. The zero-order valence-corrected chi connectivity index (χ0v) is 13.5. The van der Waals surface area contributed by atoms with Gasteiger partial charge in [-0.05, 0) is 12.1 Å².